The van der Waals surface area contributed by atoms with Crippen molar-refractivity contribution in [1.82, 2.24) is 5.32 Å². The molecule has 0 spiro atoms. The van der Waals surface area contributed by atoms with Crippen LogP contribution in [0.15, 0.2) is 18.2 Å². The second-order valence-corrected chi connectivity index (χ2v) is 3.06. The minimum atomic E-state index is 0.0469. The molecule has 0 saturated carbocycles. The van der Waals surface area contributed by atoms with Crippen LogP contribution in [0.25, 0.3) is 0 Å². The summed E-state index contributed by atoms with van der Waals surface area (Å²) in [6.45, 7) is 3.02. The lowest BCUT2D eigenvalue weighted by Gasteiger charge is -2.03. The zero-order valence-electron chi connectivity index (χ0n) is 6.59. The third-order valence-electron chi connectivity index (χ3n) is 2.15. The van der Waals surface area contributed by atoms with Crippen molar-refractivity contribution < 1.29 is 0 Å². The molecular formula is C9H12N2. The molecule has 1 unspecified atom stereocenters. The van der Waals surface area contributed by atoms with Crippen LogP contribution >= 0.6 is 0 Å². The van der Waals surface area contributed by atoms with Crippen LogP contribution in [0.4, 0.5) is 0 Å². The average molecular weight is 148 g/mol. The lowest BCUT2D eigenvalue weighted by molar-refractivity contribution is 0.607. The number of rotatable bonds is 0. The number of fused-ring (bicyclic) bond motifs is 1. The molecule has 0 saturated heterocycles. The van der Waals surface area contributed by atoms with Crippen LogP contribution in [0.1, 0.15) is 22.9 Å². The van der Waals surface area contributed by atoms with E-state index in [1.165, 1.54) is 16.7 Å². The smallest absolute Gasteiger partial charge is 0.0815 e. The summed E-state index contributed by atoms with van der Waals surface area (Å²) in [5.41, 5.74) is 9.68. The van der Waals surface area contributed by atoms with Gasteiger partial charge in [-0.05, 0) is 18.1 Å². The fraction of sp³-hybridized carbons (Fsp3) is 0.333. The van der Waals surface area contributed by atoms with Crippen LogP contribution in [0.5, 0.6) is 0 Å². The first-order valence-electron chi connectivity index (χ1n) is 3.86. The van der Waals surface area contributed by atoms with E-state index in [2.05, 4.69) is 30.4 Å². The SMILES string of the molecule is Cc1ccc2c(c1)CNC2N. The number of nitrogens with two attached hydrogens (primary N) is 1. The number of aryl methyl sites for hydroxylation is 1. The van der Waals surface area contributed by atoms with Gasteiger partial charge in [0.25, 0.3) is 0 Å². The van der Waals surface area contributed by atoms with Crippen molar-refractivity contribution in [3.63, 3.8) is 0 Å². The van der Waals surface area contributed by atoms with Crippen LogP contribution in [0.3, 0.4) is 0 Å². The van der Waals surface area contributed by atoms with Gasteiger partial charge in [-0.3, -0.25) is 5.32 Å². The van der Waals surface area contributed by atoms with Crippen LogP contribution in [0.2, 0.25) is 0 Å². The molecule has 0 radical (unpaired) electrons. The molecule has 2 nitrogen and oxygen atoms in total. The molecule has 2 heteroatoms. The Morgan fingerprint density at radius 1 is 1.55 bits per heavy atom. The van der Waals surface area contributed by atoms with Gasteiger partial charge in [0, 0.05) is 6.54 Å². The van der Waals surface area contributed by atoms with Crippen molar-refractivity contribution in [2.24, 2.45) is 5.73 Å². The Bertz CT molecular complexity index is 281. The largest absolute Gasteiger partial charge is 0.312 e. The van der Waals surface area contributed by atoms with Gasteiger partial charge in [-0.25, -0.2) is 0 Å². The quantitative estimate of drug-likeness (QED) is 0.577. The Hall–Kier alpha value is -0.860. The summed E-state index contributed by atoms with van der Waals surface area (Å²) >= 11 is 0. The Balaban J connectivity index is 2.50. The lowest BCUT2D eigenvalue weighted by Crippen LogP contribution is -2.20. The Kier molecular flexibility index (Phi) is 1.44. The highest BCUT2D eigenvalue weighted by molar-refractivity contribution is 5.36. The van der Waals surface area contributed by atoms with Gasteiger partial charge in [0.2, 0.25) is 0 Å². The highest BCUT2D eigenvalue weighted by Crippen LogP contribution is 2.21. The summed E-state index contributed by atoms with van der Waals surface area (Å²) < 4.78 is 0. The second-order valence-electron chi connectivity index (χ2n) is 3.06. The van der Waals surface area contributed by atoms with E-state index in [1.54, 1.807) is 0 Å². The van der Waals surface area contributed by atoms with Gasteiger partial charge in [0.15, 0.2) is 0 Å². The van der Waals surface area contributed by atoms with E-state index in [0.29, 0.717) is 0 Å². The monoisotopic (exact) mass is 148 g/mol. The van der Waals surface area contributed by atoms with Gasteiger partial charge in [0.05, 0.1) is 6.17 Å². The number of nitrogens with one attached hydrogen (secondary N) is 1. The predicted octanol–water partition coefficient (Wildman–Crippen LogP) is 1.06. The van der Waals surface area contributed by atoms with E-state index in [9.17, 15) is 0 Å². The number of hydrogen-bond acceptors (Lipinski definition) is 2. The predicted molar refractivity (Wildman–Crippen MR) is 44.9 cm³/mol. The maximum absolute atomic E-state index is 5.79. The molecule has 1 aromatic rings. The molecule has 1 heterocycles. The standard InChI is InChI=1S/C9H12N2/c1-6-2-3-8-7(4-6)5-11-9(8)10/h2-4,9,11H,5,10H2,1H3. The number of benzene rings is 1. The van der Waals surface area contributed by atoms with Crippen LogP contribution < -0.4 is 11.1 Å². The van der Waals surface area contributed by atoms with Gasteiger partial charge in [-0.15, -0.1) is 0 Å². The van der Waals surface area contributed by atoms with Crippen LogP contribution in [-0.2, 0) is 6.54 Å². The summed E-state index contributed by atoms with van der Waals surface area (Å²) in [5.74, 6) is 0. The summed E-state index contributed by atoms with van der Waals surface area (Å²) in [5, 5.41) is 3.19. The first-order valence-corrected chi connectivity index (χ1v) is 3.86. The molecule has 0 fully saturated rings. The highest BCUT2D eigenvalue weighted by atomic mass is 15.0. The third-order valence-corrected chi connectivity index (χ3v) is 2.15. The Morgan fingerprint density at radius 2 is 2.36 bits per heavy atom. The Morgan fingerprint density at radius 3 is 3.18 bits per heavy atom. The molecule has 3 N–H and O–H groups in total. The van der Waals surface area contributed by atoms with E-state index in [-0.39, 0.29) is 6.17 Å². The molecule has 0 bridgehead atoms. The van der Waals surface area contributed by atoms with Crippen molar-refractivity contribution >= 4 is 0 Å². The first kappa shape index (κ1) is 6.83. The molecule has 58 valence electrons. The van der Waals surface area contributed by atoms with Crippen molar-refractivity contribution in [2.45, 2.75) is 19.6 Å². The lowest BCUT2D eigenvalue weighted by atomic mass is 10.1. The van der Waals surface area contributed by atoms with E-state index >= 15 is 0 Å². The molecule has 1 aromatic carbocycles. The summed E-state index contributed by atoms with van der Waals surface area (Å²) in [4.78, 5) is 0. The minimum Gasteiger partial charge on any atom is -0.312 e. The third kappa shape index (κ3) is 1.04. The topological polar surface area (TPSA) is 38.0 Å². The molecule has 0 aromatic heterocycles. The average Bonchev–Trinajstić information content (AvgIpc) is 2.32. The fourth-order valence-corrected chi connectivity index (χ4v) is 1.52. The number of hydrogen-bond donors (Lipinski definition) is 2. The molecule has 1 aliphatic heterocycles. The summed E-state index contributed by atoms with van der Waals surface area (Å²) in [7, 11) is 0. The molecule has 1 aliphatic rings. The fourth-order valence-electron chi connectivity index (χ4n) is 1.52. The zero-order valence-corrected chi connectivity index (χ0v) is 6.59. The van der Waals surface area contributed by atoms with Crippen LogP contribution in [-0.4, -0.2) is 0 Å². The van der Waals surface area contributed by atoms with Crippen molar-refractivity contribution in [3.05, 3.63) is 34.9 Å². The van der Waals surface area contributed by atoms with Gasteiger partial charge in [0.1, 0.15) is 0 Å². The molecule has 1 atom stereocenters. The highest BCUT2D eigenvalue weighted by Gasteiger charge is 2.16. The van der Waals surface area contributed by atoms with E-state index in [0.717, 1.165) is 6.54 Å². The van der Waals surface area contributed by atoms with E-state index < -0.39 is 0 Å². The van der Waals surface area contributed by atoms with Gasteiger partial charge in [-0.2, -0.15) is 0 Å². The normalized spacial score (nSPS) is 21.8. The molecule has 0 amide bonds. The summed E-state index contributed by atoms with van der Waals surface area (Å²) in [6, 6.07) is 6.40. The van der Waals surface area contributed by atoms with Gasteiger partial charge < -0.3 is 5.73 Å². The zero-order chi connectivity index (χ0) is 7.84. The molecule has 0 aliphatic carbocycles. The van der Waals surface area contributed by atoms with Gasteiger partial charge >= 0.3 is 0 Å². The summed E-state index contributed by atoms with van der Waals surface area (Å²) in [6.07, 6.45) is 0.0469. The molecule has 11 heavy (non-hydrogen) atoms. The van der Waals surface area contributed by atoms with Gasteiger partial charge in [-0.1, -0.05) is 23.8 Å². The molecular weight excluding hydrogens is 136 g/mol. The second kappa shape index (κ2) is 2.32. The maximum Gasteiger partial charge on any atom is 0.0815 e. The van der Waals surface area contributed by atoms with Crippen molar-refractivity contribution in [3.8, 4) is 0 Å². The van der Waals surface area contributed by atoms with E-state index in [4.69, 9.17) is 5.73 Å². The van der Waals surface area contributed by atoms with Crippen LogP contribution in [0, 0.1) is 6.92 Å². The maximum atomic E-state index is 5.79. The van der Waals surface area contributed by atoms with E-state index in [1.807, 2.05) is 0 Å². The molecule has 2 rings (SSSR count). The first-order chi connectivity index (χ1) is 5.27. The Labute approximate surface area is 66.4 Å². The minimum absolute atomic E-state index is 0.0469. The van der Waals surface area contributed by atoms with Crippen molar-refractivity contribution in [1.29, 1.82) is 0 Å². The van der Waals surface area contributed by atoms with Crippen molar-refractivity contribution in [2.75, 3.05) is 0 Å².